The molecule has 1 fully saturated rings. The van der Waals surface area contributed by atoms with Crippen LogP contribution in [0.25, 0.3) is 0 Å². The van der Waals surface area contributed by atoms with Gasteiger partial charge in [0, 0.05) is 31.9 Å². The van der Waals surface area contributed by atoms with Gasteiger partial charge >= 0.3 is 0 Å². The second-order valence-corrected chi connectivity index (χ2v) is 5.84. The van der Waals surface area contributed by atoms with Crippen molar-refractivity contribution in [1.29, 1.82) is 0 Å². The molecule has 1 saturated heterocycles. The highest BCUT2D eigenvalue weighted by atomic mass is 32.1. The van der Waals surface area contributed by atoms with Crippen LogP contribution in [0.15, 0.2) is 6.20 Å². The lowest BCUT2D eigenvalue weighted by Gasteiger charge is -2.37. The summed E-state index contributed by atoms with van der Waals surface area (Å²) in [4.78, 5) is 12.2. The minimum Gasteiger partial charge on any atom is -0.347 e. The molecule has 100 valence electrons. The molecule has 1 N–H and O–H groups in total. The number of nitrogens with zero attached hydrogens (tertiary/aromatic N) is 3. The van der Waals surface area contributed by atoms with Crippen molar-refractivity contribution < 1.29 is 4.79 Å². The van der Waals surface area contributed by atoms with E-state index >= 15 is 0 Å². The third-order valence-electron chi connectivity index (χ3n) is 3.52. The van der Waals surface area contributed by atoms with Crippen molar-refractivity contribution in [3.05, 3.63) is 17.5 Å². The molecule has 0 bridgehead atoms. The minimum atomic E-state index is -0.140. The standard InChI is InChI=1S/C12H20N4OS/c1-9-10(8-15(3)14-9)11(17)13-12(2)4-6-16(18)7-5-12/h8,18H,4-7H2,1-3H3,(H,13,17). The van der Waals surface area contributed by atoms with Crippen molar-refractivity contribution in [3.8, 4) is 0 Å². The van der Waals surface area contributed by atoms with Gasteiger partial charge in [-0.1, -0.05) is 12.8 Å². The van der Waals surface area contributed by atoms with E-state index in [4.69, 9.17) is 0 Å². The number of carbonyl (C=O) groups is 1. The van der Waals surface area contributed by atoms with Crippen molar-refractivity contribution in [1.82, 2.24) is 19.4 Å². The van der Waals surface area contributed by atoms with Crippen LogP contribution < -0.4 is 5.32 Å². The first-order valence-corrected chi connectivity index (χ1v) is 6.56. The summed E-state index contributed by atoms with van der Waals surface area (Å²) in [6.45, 7) is 5.74. The van der Waals surface area contributed by atoms with Gasteiger partial charge in [0.1, 0.15) is 0 Å². The molecule has 6 heteroatoms. The normalized spacial score (nSPS) is 19.8. The van der Waals surface area contributed by atoms with E-state index in [2.05, 4.69) is 30.2 Å². The molecule has 0 unspecified atom stereocenters. The van der Waals surface area contributed by atoms with E-state index in [0.717, 1.165) is 31.6 Å². The monoisotopic (exact) mass is 268 g/mol. The van der Waals surface area contributed by atoms with Crippen LogP contribution in [0.3, 0.4) is 0 Å². The maximum Gasteiger partial charge on any atom is 0.255 e. The Labute approximate surface area is 113 Å². The Hall–Kier alpha value is -1.01. The van der Waals surface area contributed by atoms with Gasteiger partial charge in [0.2, 0.25) is 0 Å². The molecule has 0 aliphatic carbocycles. The second kappa shape index (κ2) is 4.93. The van der Waals surface area contributed by atoms with Gasteiger partial charge in [-0.25, -0.2) is 0 Å². The number of nitrogens with one attached hydrogen (secondary N) is 1. The van der Waals surface area contributed by atoms with Crippen LogP contribution >= 0.6 is 12.8 Å². The van der Waals surface area contributed by atoms with E-state index in [1.54, 1.807) is 10.9 Å². The van der Waals surface area contributed by atoms with E-state index in [1.807, 2.05) is 18.3 Å². The molecule has 1 aromatic rings. The van der Waals surface area contributed by atoms with Crippen LogP contribution in [0.4, 0.5) is 0 Å². The maximum atomic E-state index is 12.2. The number of amides is 1. The van der Waals surface area contributed by atoms with E-state index in [0.29, 0.717) is 5.56 Å². The van der Waals surface area contributed by atoms with Crippen molar-refractivity contribution in [2.75, 3.05) is 13.1 Å². The lowest BCUT2D eigenvalue weighted by atomic mass is 9.90. The van der Waals surface area contributed by atoms with Gasteiger partial charge in [-0.05, 0) is 26.7 Å². The summed E-state index contributed by atoms with van der Waals surface area (Å²) in [7, 11) is 1.82. The van der Waals surface area contributed by atoms with E-state index in [9.17, 15) is 4.79 Å². The van der Waals surface area contributed by atoms with Gasteiger partial charge in [-0.2, -0.15) is 5.10 Å². The number of hydrogen-bond donors (Lipinski definition) is 2. The molecule has 1 aliphatic rings. The highest BCUT2D eigenvalue weighted by Crippen LogP contribution is 2.23. The summed E-state index contributed by atoms with van der Waals surface area (Å²) in [6, 6.07) is 0. The van der Waals surface area contributed by atoms with Gasteiger partial charge in [0.25, 0.3) is 5.91 Å². The highest BCUT2D eigenvalue weighted by molar-refractivity contribution is 7.77. The molecule has 18 heavy (non-hydrogen) atoms. The largest absolute Gasteiger partial charge is 0.347 e. The Morgan fingerprint density at radius 2 is 2.11 bits per heavy atom. The fourth-order valence-electron chi connectivity index (χ4n) is 2.28. The van der Waals surface area contributed by atoms with Crippen LogP contribution in [0.5, 0.6) is 0 Å². The van der Waals surface area contributed by atoms with Crippen LogP contribution in [0.1, 0.15) is 35.8 Å². The van der Waals surface area contributed by atoms with Crippen molar-refractivity contribution in [2.24, 2.45) is 7.05 Å². The van der Waals surface area contributed by atoms with Crippen LogP contribution in [0.2, 0.25) is 0 Å². The molecule has 2 heterocycles. The molecule has 1 amide bonds. The summed E-state index contributed by atoms with van der Waals surface area (Å²) in [5.41, 5.74) is 1.29. The maximum absolute atomic E-state index is 12.2. The summed E-state index contributed by atoms with van der Waals surface area (Å²) in [6.07, 6.45) is 3.60. The molecule has 0 aromatic carbocycles. The summed E-state index contributed by atoms with van der Waals surface area (Å²) >= 11 is 4.33. The van der Waals surface area contributed by atoms with E-state index in [1.165, 1.54) is 0 Å². The Balaban J connectivity index is 2.05. The average molecular weight is 268 g/mol. The minimum absolute atomic E-state index is 0.0317. The summed E-state index contributed by atoms with van der Waals surface area (Å²) in [5.74, 6) is -0.0317. The quantitative estimate of drug-likeness (QED) is 0.791. The average Bonchev–Trinajstić information content (AvgIpc) is 2.63. The highest BCUT2D eigenvalue weighted by Gasteiger charge is 2.31. The Bertz CT molecular complexity index is 449. The topological polar surface area (TPSA) is 50.2 Å². The van der Waals surface area contributed by atoms with E-state index < -0.39 is 0 Å². The molecule has 1 aromatic heterocycles. The fraction of sp³-hybridized carbons (Fsp3) is 0.667. The molecule has 0 radical (unpaired) electrons. The number of carbonyl (C=O) groups excluding carboxylic acids is 1. The Morgan fingerprint density at radius 1 is 1.50 bits per heavy atom. The molecule has 1 aliphatic heterocycles. The number of thiol groups is 1. The third kappa shape index (κ3) is 2.87. The van der Waals surface area contributed by atoms with Gasteiger partial charge in [-0.3, -0.25) is 13.8 Å². The molecule has 0 saturated carbocycles. The zero-order valence-corrected chi connectivity index (χ0v) is 12.0. The zero-order valence-electron chi connectivity index (χ0n) is 11.1. The molecular formula is C12H20N4OS. The van der Waals surface area contributed by atoms with Crippen molar-refractivity contribution in [2.45, 2.75) is 32.2 Å². The van der Waals surface area contributed by atoms with Crippen LogP contribution in [-0.2, 0) is 7.05 Å². The number of piperidine rings is 1. The second-order valence-electron chi connectivity index (χ2n) is 5.27. The van der Waals surface area contributed by atoms with Gasteiger partial charge in [-0.15, -0.1) is 0 Å². The Morgan fingerprint density at radius 3 is 2.61 bits per heavy atom. The lowest BCUT2D eigenvalue weighted by Crippen LogP contribution is -2.51. The predicted molar refractivity (Wildman–Crippen MR) is 73.6 cm³/mol. The van der Waals surface area contributed by atoms with Gasteiger partial charge in [0.15, 0.2) is 0 Å². The first kappa shape index (κ1) is 13.4. The van der Waals surface area contributed by atoms with Crippen LogP contribution in [-0.4, -0.2) is 38.6 Å². The fourth-order valence-corrected chi connectivity index (χ4v) is 2.48. The molecular weight excluding hydrogens is 248 g/mol. The first-order chi connectivity index (χ1) is 8.39. The third-order valence-corrected chi connectivity index (χ3v) is 3.92. The first-order valence-electron chi connectivity index (χ1n) is 6.16. The molecule has 0 atom stereocenters. The lowest BCUT2D eigenvalue weighted by molar-refractivity contribution is 0.0873. The Kier molecular flexibility index (Phi) is 3.68. The zero-order chi connectivity index (χ0) is 13.3. The smallest absolute Gasteiger partial charge is 0.255 e. The summed E-state index contributed by atoms with van der Waals surface area (Å²) in [5, 5.41) is 7.33. The van der Waals surface area contributed by atoms with Gasteiger partial charge < -0.3 is 5.32 Å². The number of hydrogen-bond acceptors (Lipinski definition) is 4. The number of aryl methyl sites for hydroxylation is 2. The van der Waals surface area contributed by atoms with Crippen molar-refractivity contribution in [3.63, 3.8) is 0 Å². The molecule has 5 nitrogen and oxygen atoms in total. The van der Waals surface area contributed by atoms with Crippen LogP contribution in [0, 0.1) is 6.92 Å². The number of aromatic nitrogens is 2. The predicted octanol–water partition coefficient (Wildman–Crippen LogP) is 1.16. The van der Waals surface area contributed by atoms with E-state index in [-0.39, 0.29) is 11.4 Å². The SMILES string of the molecule is Cc1nn(C)cc1C(=O)NC1(C)CCN(S)CC1. The molecule has 2 rings (SSSR count). The number of rotatable bonds is 2. The van der Waals surface area contributed by atoms with Gasteiger partial charge in [0.05, 0.1) is 11.3 Å². The summed E-state index contributed by atoms with van der Waals surface area (Å²) < 4.78 is 3.66. The molecule has 0 spiro atoms. The van der Waals surface area contributed by atoms with Crippen molar-refractivity contribution >= 4 is 18.7 Å².